The third-order valence-corrected chi connectivity index (χ3v) is 4.63. The summed E-state index contributed by atoms with van der Waals surface area (Å²) in [5.41, 5.74) is 3.34. The first-order chi connectivity index (χ1) is 12.7. The zero-order valence-electron chi connectivity index (χ0n) is 15.1. The topological polar surface area (TPSA) is 29.1 Å². The molecule has 0 radical (unpaired) electrons. The molecule has 0 unspecified atom stereocenters. The predicted molar refractivity (Wildman–Crippen MR) is 107 cm³/mol. The summed E-state index contributed by atoms with van der Waals surface area (Å²) in [6.07, 6.45) is 1.88. The molecule has 0 aromatic heterocycles. The molecule has 1 N–H and O–H groups in total. The molecule has 0 saturated heterocycles. The molecule has 3 rings (SSSR count). The number of aryl methyl sites for hydroxylation is 1. The van der Waals surface area contributed by atoms with Crippen molar-refractivity contribution in [1.82, 2.24) is 5.32 Å². The van der Waals surface area contributed by atoms with E-state index in [0.29, 0.717) is 0 Å². The maximum absolute atomic E-state index is 13.1. The number of rotatable bonds is 7. The van der Waals surface area contributed by atoms with Gasteiger partial charge in [-0.05, 0) is 36.5 Å². The van der Waals surface area contributed by atoms with E-state index < -0.39 is 0 Å². The van der Waals surface area contributed by atoms with Crippen LogP contribution in [0.5, 0.6) is 0 Å². The van der Waals surface area contributed by atoms with Gasteiger partial charge in [0, 0.05) is 6.04 Å². The minimum Gasteiger partial charge on any atom is -0.353 e. The molecule has 0 saturated carbocycles. The summed E-state index contributed by atoms with van der Waals surface area (Å²) in [6, 6.07) is 30.5. The minimum atomic E-state index is -0.281. The highest BCUT2D eigenvalue weighted by Crippen LogP contribution is 2.25. The van der Waals surface area contributed by atoms with Crippen molar-refractivity contribution >= 4 is 5.91 Å². The van der Waals surface area contributed by atoms with Gasteiger partial charge in [-0.15, -0.1) is 0 Å². The molecule has 3 aromatic rings. The molecular weight excluding hydrogens is 318 g/mol. The highest BCUT2D eigenvalue weighted by atomic mass is 16.1. The van der Waals surface area contributed by atoms with Crippen LogP contribution in [0.15, 0.2) is 91.0 Å². The fourth-order valence-corrected chi connectivity index (χ4v) is 3.21. The first kappa shape index (κ1) is 17.9. The summed E-state index contributed by atoms with van der Waals surface area (Å²) in [6.45, 7) is 2.08. The summed E-state index contributed by atoms with van der Waals surface area (Å²) < 4.78 is 0. The van der Waals surface area contributed by atoms with E-state index >= 15 is 0 Å². The molecule has 0 heterocycles. The predicted octanol–water partition coefficient (Wildman–Crippen LogP) is 4.96. The SMILES string of the molecule is C[C@H](CCc1ccccc1)NC(=O)C(c1ccccc1)c1ccccc1. The fraction of sp³-hybridized carbons (Fsp3) is 0.208. The average molecular weight is 343 g/mol. The second kappa shape index (κ2) is 9.00. The summed E-state index contributed by atoms with van der Waals surface area (Å²) in [7, 11) is 0. The fourth-order valence-electron chi connectivity index (χ4n) is 3.21. The Morgan fingerprint density at radius 2 is 1.23 bits per heavy atom. The lowest BCUT2D eigenvalue weighted by Crippen LogP contribution is -2.37. The zero-order valence-corrected chi connectivity index (χ0v) is 15.1. The Kier molecular flexibility index (Phi) is 6.21. The van der Waals surface area contributed by atoms with E-state index in [1.165, 1.54) is 5.56 Å². The van der Waals surface area contributed by atoms with Gasteiger partial charge in [-0.2, -0.15) is 0 Å². The number of hydrogen-bond acceptors (Lipinski definition) is 1. The van der Waals surface area contributed by atoms with Crippen LogP contribution in [0.1, 0.15) is 36.0 Å². The van der Waals surface area contributed by atoms with Gasteiger partial charge in [0.25, 0.3) is 0 Å². The van der Waals surface area contributed by atoms with Crippen molar-refractivity contribution in [1.29, 1.82) is 0 Å². The highest BCUT2D eigenvalue weighted by molar-refractivity contribution is 5.87. The summed E-state index contributed by atoms with van der Waals surface area (Å²) in [4.78, 5) is 13.1. The van der Waals surface area contributed by atoms with E-state index in [-0.39, 0.29) is 17.9 Å². The second-order valence-corrected chi connectivity index (χ2v) is 6.69. The van der Waals surface area contributed by atoms with Crippen LogP contribution < -0.4 is 5.32 Å². The van der Waals surface area contributed by atoms with Gasteiger partial charge in [-0.3, -0.25) is 4.79 Å². The van der Waals surface area contributed by atoms with Crippen molar-refractivity contribution in [2.24, 2.45) is 0 Å². The van der Waals surface area contributed by atoms with Crippen LogP contribution >= 0.6 is 0 Å². The van der Waals surface area contributed by atoms with Gasteiger partial charge < -0.3 is 5.32 Å². The van der Waals surface area contributed by atoms with Gasteiger partial charge in [0.15, 0.2) is 0 Å². The van der Waals surface area contributed by atoms with Gasteiger partial charge in [0.2, 0.25) is 5.91 Å². The lowest BCUT2D eigenvalue weighted by molar-refractivity contribution is -0.122. The van der Waals surface area contributed by atoms with Crippen molar-refractivity contribution < 1.29 is 4.79 Å². The van der Waals surface area contributed by atoms with Gasteiger partial charge in [0.05, 0.1) is 5.92 Å². The molecule has 0 fully saturated rings. The number of benzene rings is 3. The Hall–Kier alpha value is -2.87. The lowest BCUT2D eigenvalue weighted by Gasteiger charge is -2.21. The van der Waals surface area contributed by atoms with Gasteiger partial charge in [0.1, 0.15) is 0 Å². The monoisotopic (exact) mass is 343 g/mol. The molecule has 26 heavy (non-hydrogen) atoms. The van der Waals surface area contributed by atoms with Gasteiger partial charge in [-0.25, -0.2) is 0 Å². The van der Waals surface area contributed by atoms with Crippen LogP contribution in [0.25, 0.3) is 0 Å². The normalized spacial score (nSPS) is 11.9. The third-order valence-electron chi connectivity index (χ3n) is 4.63. The van der Waals surface area contributed by atoms with Crippen molar-refractivity contribution in [2.75, 3.05) is 0 Å². The molecule has 0 spiro atoms. The van der Waals surface area contributed by atoms with Crippen molar-refractivity contribution in [3.8, 4) is 0 Å². The van der Waals surface area contributed by atoms with Gasteiger partial charge >= 0.3 is 0 Å². The molecule has 0 bridgehead atoms. The van der Waals surface area contributed by atoms with Crippen LogP contribution in [-0.4, -0.2) is 11.9 Å². The van der Waals surface area contributed by atoms with Crippen LogP contribution in [0.4, 0.5) is 0 Å². The highest BCUT2D eigenvalue weighted by Gasteiger charge is 2.23. The van der Waals surface area contributed by atoms with Crippen LogP contribution in [0.2, 0.25) is 0 Å². The molecule has 2 nitrogen and oxygen atoms in total. The van der Waals surface area contributed by atoms with Crippen molar-refractivity contribution in [3.63, 3.8) is 0 Å². The van der Waals surface area contributed by atoms with E-state index in [1.54, 1.807) is 0 Å². The van der Waals surface area contributed by atoms with E-state index in [0.717, 1.165) is 24.0 Å². The number of carbonyl (C=O) groups is 1. The Bertz CT molecular complexity index is 760. The Morgan fingerprint density at radius 1 is 0.769 bits per heavy atom. The van der Waals surface area contributed by atoms with Crippen molar-refractivity contribution in [3.05, 3.63) is 108 Å². The first-order valence-electron chi connectivity index (χ1n) is 9.18. The number of hydrogen-bond donors (Lipinski definition) is 1. The zero-order chi connectivity index (χ0) is 18.2. The molecular formula is C24H25NO. The number of amides is 1. The van der Waals surface area contributed by atoms with Gasteiger partial charge in [-0.1, -0.05) is 91.0 Å². The second-order valence-electron chi connectivity index (χ2n) is 6.69. The first-order valence-corrected chi connectivity index (χ1v) is 9.18. The Balaban J connectivity index is 1.69. The average Bonchev–Trinajstić information content (AvgIpc) is 2.69. The van der Waals surface area contributed by atoms with Crippen LogP contribution in [0.3, 0.4) is 0 Å². The van der Waals surface area contributed by atoms with Crippen LogP contribution in [-0.2, 0) is 11.2 Å². The number of nitrogens with one attached hydrogen (secondary N) is 1. The van der Waals surface area contributed by atoms with E-state index in [9.17, 15) is 4.79 Å². The van der Waals surface area contributed by atoms with E-state index in [2.05, 4.69) is 36.5 Å². The maximum atomic E-state index is 13.1. The molecule has 0 aliphatic heterocycles. The van der Waals surface area contributed by atoms with Crippen molar-refractivity contribution in [2.45, 2.75) is 31.7 Å². The maximum Gasteiger partial charge on any atom is 0.232 e. The standard InChI is InChI=1S/C24H25NO/c1-19(17-18-20-11-5-2-6-12-20)25-24(26)23(21-13-7-3-8-14-21)22-15-9-4-10-16-22/h2-16,19,23H,17-18H2,1H3,(H,25,26)/t19-/m1/s1. The molecule has 0 aliphatic carbocycles. The Labute approximate surface area is 155 Å². The minimum absolute atomic E-state index is 0.0583. The molecule has 132 valence electrons. The molecule has 1 atom stereocenters. The summed E-state index contributed by atoms with van der Waals surface area (Å²) in [5, 5.41) is 3.21. The largest absolute Gasteiger partial charge is 0.353 e. The third kappa shape index (κ3) is 4.82. The number of carbonyl (C=O) groups excluding carboxylic acids is 1. The molecule has 3 aromatic carbocycles. The molecule has 2 heteroatoms. The molecule has 1 amide bonds. The molecule has 0 aliphatic rings. The smallest absolute Gasteiger partial charge is 0.232 e. The summed E-state index contributed by atoms with van der Waals surface area (Å²) >= 11 is 0. The summed E-state index contributed by atoms with van der Waals surface area (Å²) in [5.74, 6) is -0.223. The van der Waals surface area contributed by atoms with E-state index in [4.69, 9.17) is 0 Å². The lowest BCUT2D eigenvalue weighted by atomic mass is 9.90. The van der Waals surface area contributed by atoms with Crippen LogP contribution in [0, 0.1) is 0 Å². The Morgan fingerprint density at radius 3 is 1.73 bits per heavy atom. The van der Waals surface area contributed by atoms with E-state index in [1.807, 2.05) is 66.7 Å². The quantitative estimate of drug-likeness (QED) is 0.646.